The Morgan fingerprint density at radius 3 is 2.17 bits per heavy atom. The summed E-state index contributed by atoms with van der Waals surface area (Å²) in [7, 11) is 0. The number of nitrogens with two attached hydrogens (primary N) is 1. The Kier molecular flexibility index (Phi) is 7.16. The van der Waals surface area contributed by atoms with E-state index in [-0.39, 0.29) is 50.5 Å². The summed E-state index contributed by atoms with van der Waals surface area (Å²) in [5, 5.41) is 0. The molecule has 1 aliphatic rings. The van der Waals surface area contributed by atoms with Crippen LogP contribution in [0.25, 0.3) is 17.5 Å². The minimum Gasteiger partial charge on any atom is -0.463 e. The van der Waals surface area contributed by atoms with Crippen molar-refractivity contribution >= 4 is 40.7 Å². The van der Waals surface area contributed by atoms with Gasteiger partial charge < -0.3 is 15.2 Å². The molecule has 4 rings (SSSR count). The van der Waals surface area contributed by atoms with Gasteiger partial charge in [0, 0.05) is 11.1 Å². The fourth-order valence-electron chi connectivity index (χ4n) is 4.02. The van der Waals surface area contributed by atoms with E-state index in [2.05, 4.69) is 0 Å². The van der Waals surface area contributed by atoms with Crippen LogP contribution >= 0.6 is 11.3 Å². The first-order valence-electron chi connectivity index (χ1n) is 11.1. The molecule has 7 nitrogen and oxygen atoms in total. The Balaban J connectivity index is 2.15. The molecule has 0 amide bonds. The second kappa shape index (κ2) is 10.3. The van der Waals surface area contributed by atoms with Gasteiger partial charge in [-0.05, 0) is 32.1 Å². The summed E-state index contributed by atoms with van der Waals surface area (Å²) in [6.45, 7) is 3.14. The van der Waals surface area contributed by atoms with Gasteiger partial charge in [-0.2, -0.15) is 0 Å². The van der Waals surface area contributed by atoms with E-state index < -0.39 is 35.1 Å². The lowest BCUT2D eigenvalue weighted by Gasteiger charge is -2.27. The van der Waals surface area contributed by atoms with E-state index in [9.17, 15) is 18.8 Å². The van der Waals surface area contributed by atoms with Gasteiger partial charge in [-0.15, -0.1) is 11.3 Å². The van der Waals surface area contributed by atoms with Crippen LogP contribution in [0.5, 0.6) is 0 Å². The second-order valence-corrected chi connectivity index (χ2v) is 8.72. The van der Waals surface area contributed by atoms with E-state index >= 15 is 4.39 Å². The molecule has 2 heterocycles. The van der Waals surface area contributed by atoms with E-state index in [0.717, 1.165) is 15.9 Å². The highest BCUT2D eigenvalue weighted by Crippen LogP contribution is 2.38. The van der Waals surface area contributed by atoms with Crippen molar-refractivity contribution in [2.24, 2.45) is 5.73 Å². The van der Waals surface area contributed by atoms with Gasteiger partial charge in [0.15, 0.2) is 0 Å². The number of benzene rings is 2. The van der Waals surface area contributed by atoms with Gasteiger partial charge in [0.2, 0.25) is 0 Å². The molecule has 0 saturated carbocycles. The topological polar surface area (TPSA) is 101 Å². The van der Waals surface area contributed by atoms with E-state index in [1.807, 2.05) is 0 Å². The third-order valence-corrected chi connectivity index (χ3v) is 6.66. The molecule has 1 aliphatic heterocycles. The predicted molar refractivity (Wildman–Crippen MR) is 131 cm³/mol. The smallest absolute Gasteiger partial charge is 0.338 e. The first kappa shape index (κ1) is 25.1. The molecular weight excluding hydrogens is 490 g/mol. The van der Waals surface area contributed by atoms with Crippen LogP contribution in [-0.4, -0.2) is 29.7 Å². The van der Waals surface area contributed by atoms with Crippen molar-refractivity contribution in [2.45, 2.75) is 19.8 Å². The fourth-order valence-corrected chi connectivity index (χ4v) is 5.17. The lowest BCUT2D eigenvalue weighted by atomic mass is 9.83. The number of ether oxygens (including phenoxy) is 2. The van der Waals surface area contributed by atoms with Gasteiger partial charge in [0.05, 0.1) is 34.8 Å². The largest absolute Gasteiger partial charge is 0.463 e. The molecule has 0 spiro atoms. The Morgan fingerprint density at radius 2 is 1.56 bits per heavy atom. The summed E-state index contributed by atoms with van der Waals surface area (Å²) < 4.78 is 40.9. The third-order valence-electron chi connectivity index (χ3n) is 5.55. The number of carbonyl (C=O) groups excluding carboxylic acids is 2. The van der Waals surface area contributed by atoms with Crippen molar-refractivity contribution in [3.63, 3.8) is 0 Å². The van der Waals surface area contributed by atoms with E-state index in [1.54, 1.807) is 26.0 Å². The Labute approximate surface area is 208 Å². The summed E-state index contributed by atoms with van der Waals surface area (Å²) in [6.07, 6.45) is 1.33. The van der Waals surface area contributed by atoms with E-state index in [1.165, 1.54) is 42.5 Å². The molecular formula is C26H22F2N2O5S. The average Bonchev–Trinajstić information content (AvgIpc) is 3.16. The van der Waals surface area contributed by atoms with Gasteiger partial charge in [-0.3, -0.25) is 9.36 Å². The molecule has 36 heavy (non-hydrogen) atoms. The lowest BCUT2D eigenvalue weighted by molar-refractivity contribution is -0.138. The Morgan fingerprint density at radius 1 is 0.972 bits per heavy atom. The first-order chi connectivity index (χ1) is 17.3. The van der Waals surface area contributed by atoms with Crippen LogP contribution in [0, 0.1) is 11.6 Å². The zero-order chi connectivity index (χ0) is 26.0. The van der Waals surface area contributed by atoms with Crippen molar-refractivity contribution < 1.29 is 27.8 Å². The Hall–Kier alpha value is -4.05. The molecule has 1 aromatic heterocycles. The van der Waals surface area contributed by atoms with Crippen LogP contribution in [0.2, 0.25) is 0 Å². The maximum absolute atomic E-state index is 15.0. The van der Waals surface area contributed by atoms with E-state index in [4.69, 9.17) is 15.2 Å². The van der Waals surface area contributed by atoms with Crippen LogP contribution in [0.4, 0.5) is 8.78 Å². The maximum Gasteiger partial charge on any atom is 0.338 e. The first-order valence-corrected chi connectivity index (χ1v) is 11.9. The van der Waals surface area contributed by atoms with Crippen molar-refractivity contribution in [3.8, 4) is 0 Å². The molecule has 1 atom stereocenters. The molecule has 3 aromatic rings. The molecule has 10 heteroatoms. The van der Waals surface area contributed by atoms with Crippen LogP contribution in [0.3, 0.4) is 0 Å². The predicted octanol–water partition coefficient (Wildman–Crippen LogP) is 2.22. The molecule has 0 aliphatic carbocycles. The molecule has 186 valence electrons. The minimum atomic E-state index is -1.30. The molecule has 2 N–H and O–H groups in total. The van der Waals surface area contributed by atoms with Gasteiger partial charge >= 0.3 is 11.9 Å². The number of rotatable bonds is 6. The van der Waals surface area contributed by atoms with Crippen molar-refractivity contribution in [2.75, 3.05) is 13.2 Å². The van der Waals surface area contributed by atoms with Crippen LogP contribution in [-0.2, 0) is 19.1 Å². The summed E-state index contributed by atoms with van der Waals surface area (Å²) >= 11 is 0.865. The molecule has 0 saturated heterocycles. The minimum absolute atomic E-state index is 0.00984. The molecule has 1 unspecified atom stereocenters. The summed E-state index contributed by atoms with van der Waals surface area (Å²) in [5.41, 5.74) is 5.39. The average molecular weight is 513 g/mol. The van der Waals surface area contributed by atoms with Gasteiger partial charge in [-0.25, -0.2) is 18.4 Å². The summed E-state index contributed by atoms with van der Waals surface area (Å²) in [4.78, 5) is 39.7. The quantitative estimate of drug-likeness (QED) is 0.509. The highest BCUT2D eigenvalue weighted by atomic mass is 32.1. The number of halogens is 2. The number of carbonyl (C=O) groups is 2. The highest BCUT2D eigenvalue weighted by molar-refractivity contribution is 7.07. The van der Waals surface area contributed by atoms with Gasteiger partial charge in [-0.1, -0.05) is 36.4 Å². The van der Waals surface area contributed by atoms with Crippen LogP contribution in [0.1, 0.15) is 30.9 Å². The highest BCUT2D eigenvalue weighted by Gasteiger charge is 2.41. The zero-order valence-corrected chi connectivity index (χ0v) is 20.2. The summed E-state index contributed by atoms with van der Waals surface area (Å²) in [6, 6.07) is 11.5. The van der Waals surface area contributed by atoms with Crippen molar-refractivity contribution in [1.29, 1.82) is 0 Å². The molecule has 2 aromatic carbocycles. The number of hydrogen-bond acceptors (Lipinski definition) is 7. The number of thiazole rings is 1. The standard InChI is InChI=1S/C26H22F2N2O5S/c1-3-34-25(32)20-19(15-10-6-8-12-17(15)28)21(26(33)35-4-2)24-30(22(20)29)23(31)18(36-24)13-14-9-5-7-11-16(14)27/h5-13,19H,3-4,29H2,1-2H3/b18-13-. The number of fused-ring (bicyclic) bond motifs is 1. The number of nitrogens with zero attached hydrogens (tertiary/aromatic N) is 1. The summed E-state index contributed by atoms with van der Waals surface area (Å²) in [5.74, 6) is -4.61. The lowest BCUT2D eigenvalue weighted by Crippen LogP contribution is -2.42. The SMILES string of the molecule is CCOC(=O)C1=C(N)n2c(s/c(=C\c3ccccc3F)c2=O)=C(C(=O)OCC)C1c1ccccc1F. The normalized spacial score (nSPS) is 15.6. The monoisotopic (exact) mass is 512 g/mol. The number of aromatic nitrogens is 1. The fraction of sp³-hybridized carbons (Fsp3) is 0.192. The van der Waals surface area contributed by atoms with Gasteiger partial charge in [0.1, 0.15) is 22.1 Å². The van der Waals surface area contributed by atoms with Crippen LogP contribution in [0.15, 0.2) is 58.9 Å². The van der Waals surface area contributed by atoms with Gasteiger partial charge in [0.25, 0.3) is 5.56 Å². The Bertz CT molecular complexity index is 1570. The number of esters is 2. The molecule has 0 fully saturated rings. The van der Waals surface area contributed by atoms with Crippen molar-refractivity contribution in [3.05, 3.63) is 96.4 Å². The van der Waals surface area contributed by atoms with Crippen molar-refractivity contribution in [1.82, 2.24) is 4.57 Å². The number of hydrogen-bond donors (Lipinski definition) is 1. The molecule has 0 bridgehead atoms. The maximum atomic E-state index is 15.0. The van der Waals surface area contributed by atoms with E-state index in [0.29, 0.717) is 0 Å². The third kappa shape index (κ3) is 4.35. The zero-order valence-electron chi connectivity index (χ0n) is 19.4. The van der Waals surface area contributed by atoms with Crippen LogP contribution < -0.4 is 20.5 Å². The second-order valence-electron chi connectivity index (χ2n) is 7.69. The molecule has 0 radical (unpaired) electrons.